The number of anilines is 1. The zero-order valence-electron chi connectivity index (χ0n) is 14.0. The smallest absolute Gasteiger partial charge is 0.271 e. The second-order valence-electron chi connectivity index (χ2n) is 6.08. The summed E-state index contributed by atoms with van der Waals surface area (Å²) in [6.07, 6.45) is 0.00848. The van der Waals surface area contributed by atoms with Gasteiger partial charge in [0.1, 0.15) is 4.21 Å². The van der Waals surface area contributed by atoms with E-state index in [0.29, 0.717) is 24.3 Å². The molecule has 0 radical (unpaired) electrons. The second-order valence-corrected chi connectivity index (χ2v) is 8.94. The maximum Gasteiger partial charge on any atom is 0.271 e. The number of amides is 1. The fourth-order valence-corrected chi connectivity index (χ4v) is 4.88. The lowest BCUT2D eigenvalue weighted by atomic mass is 10.1. The molecule has 1 aromatic heterocycles. The molecule has 1 amide bonds. The Balaban J connectivity index is 1.71. The van der Waals surface area contributed by atoms with Crippen LogP contribution >= 0.6 is 11.3 Å². The highest BCUT2D eigenvalue weighted by molar-refractivity contribution is 7.94. The summed E-state index contributed by atoms with van der Waals surface area (Å²) in [7, 11) is -3.58. The van der Waals surface area contributed by atoms with Gasteiger partial charge >= 0.3 is 0 Å². The predicted octanol–water partition coefficient (Wildman–Crippen LogP) is 2.80. The molecule has 1 aromatic carbocycles. The second kappa shape index (κ2) is 7.15. The van der Waals surface area contributed by atoms with Gasteiger partial charge < -0.3 is 9.64 Å². The first-order valence-electron chi connectivity index (χ1n) is 7.96. The van der Waals surface area contributed by atoms with Crippen LogP contribution in [-0.4, -0.2) is 44.5 Å². The summed E-state index contributed by atoms with van der Waals surface area (Å²) < 4.78 is 32.8. The molecule has 8 heteroatoms. The molecule has 0 aliphatic carbocycles. The van der Waals surface area contributed by atoms with Crippen LogP contribution in [0.3, 0.4) is 0 Å². The minimum atomic E-state index is -3.58. The first kappa shape index (κ1) is 17.9. The number of hydrogen-bond donors (Lipinski definition) is 1. The zero-order chi connectivity index (χ0) is 18.0. The van der Waals surface area contributed by atoms with Gasteiger partial charge in [0.05, 0.1) is 12.2 Å². The number of nitrogens with one attached hydrogen (secondary N) is 1. The molecule has 0 saturated carbocycles. The van der Waals surface area contributed by atoms with Crippen molar-refractivity contribution in [1.82, 2.24) is 4.90 Å². The van der Waals surface area contributed by atoms with E-state index in [4.69, 9.17) is 4.74 Å². The Morgan fingerprint density at radius 3 is 2.36 bits per heavy atom. The van der Waals surface area contributed by atoms with Gasteiger partial charge in [0.15, 0.2) is 0 Å². The molecule has 2 aromatic rings. The Morgan fingerprint density at radius 2 is 1.80 bits per heavy atom. The van der Waals surface area contributed by atoms with E-state index in [-0.39, 0.29) is 22.3 Å². The van der Waals surface area contributed by atoms with Crippen molar-refractivity contribution in [3.8, 4) is 0 Å². The van der Waals surface area contributed by atoms with Crippen molar-refractivity contribution >= 4 is 33.0 Å². The molecule has 2 heterocycles. The van der Waals surface area contributed by atoms with Gasteiger partial charge in [0, 0.05) is 24.3 Å². The van der Waals surface area contributed by atoms with E-state index >= 15 is 0 Å². The fourth-order valence-electron chi connectivity index (χ4n) is 2.83. The van der Waals surface area contributed by atoms with Gasteiger partial charge in [-0.05, 0) is 49.6 Å². The van der Waals surface area contributed by atoms with Crippen molar-refractivity contribution in [2.24, 2.45) is 0 Å². The molecule has 1 N–H and O–H groups in total. The van der Waals surface area contributed by atoms with Crippen molar-refractivity contribution < 1.29 is 17.9 Å². The van der Waals surface area contributed by atoms with Gasteiger partial charge in [-0.3, -0.25) is 9.52 Å². The number of benzene rings is 1. The summed E-state index contributed by atoms with van der Waals surface area (Å²) >= 11 is 1.15. The Kier molecular flexibility index (Phi) is 5.12. The summed E-state index contributed by atoms with van der Waals surface area (Å²) in [5.74, 6) is -0.0744. The zero-order valence-corrected chi connectivity index (χ0v) is 15.6. The lowest BCUT2D eigenvalue weighted by Gasteiger charge is -2.35. The summed E-state index contributed by atoms with van der Waals surface area (Å²) in [6.45, 7) is 4.99. The molecule has 6 nitrogen and oxygen atoms in total. The standard InChI is InChI=1S/C17H20N2O4S2/c1-12-10-19(11-13(2)23-12)17(20)14-5-7-15(8-6-14)18-25(21,22)16-4-3-9-24-16/h3-9,12-13,18H,10-11H2,1-2H3. The van der Waals surface area contributed by atoms with Crippen LogP contribution in [0.25, 0.3) is 0 Å². The van der Waals surface area contributed by atoms with Crippen LogP contribution in [0.2, 0.25) is 0 Å². The highest BCUT2D eigenvalue weighted by Gasteiger charge is 2.26. The van der Waals surface area contributed by atoms with Crippen LogP contribution in [0.15, 0.2) is 46.0 Å². The van der Waals surface area contributed by atoms with Crippen molar-refractivity contribution in [2.75, 3.05) is 17.8 Å². The first-order chi connectivity index (χ1) is 11.8. The molecule has 134 valence electrons. The van der Waals surface area contributed by atoms with Gasteiger partial charge in [-0.25, -0.2) is 8.42 Å². The van der Waals surface area contributed by atoms with Crippen molar-refractivity contribution in [3.05, 3.63) is 47.3 Å². The maximum atomic E-state index is 12.6. The number of carbonyl (C=O) groups is 1. The van der Waals surface area contributed by atoms with E-state index in [9.17, 15) is 13.2 Å². The van der Waals surface area contributed by atoms with Gasteiger partial charge in [-0.1, -0.05) is 6.07 Å². The molecule has 3 rings (SSSR count). The monoisotopic (exact) mass is 380 g/mol. The van der Waals surface area contributed by atoms with E-state index < -0.39 is 10.0 Å². The summed E-state index contributed by atoms with van der Waals surface area (Å²) in [6, 6.07) is 9.72. The van der Waals surface area contributed by atoms with Crippen molar-refractivity contribution in [2.45, 2.75) is 30.3 Å². The van der Waals surface area contributed by atoms with Crippen LogP contribution < -0.4 is 4.72 Å². The number of nitrogens with zero attached hydrogens (tertiary/aromatic N) is 1. The number of morpholine rings is 1. The molecule has 1 fully saturated rings. The SMILES string of the molecule is CC1CN(C(=O)c2ccc(NS(=O)(=O)c3cccs3)cc2)CC(C)O1. The Labute approximate surface area is 151 Å². The number of rotatable bonds is 4. The number of sulfonamides is 1. The molecule has 0 bridgehead atoms. The average molecular weight is 380 g/mol. The number of thiophene rings is 1. The third-order valence-corrected chi connectivity index (χ3v) is 6.63. The van der Waals surface area contributed by atoms with Crippen LogP contribution in [0.5, 0.6) is 0 Å². The van der Waals surface area contributed by atoms with Crippen molar-refractivity contribution in [1.29, 1.82) is 0 Å². The first-order valence-corrected chi connectivity index (χ1v) is 10.3. The summed E-state index contributed by atoms with van der Waals surface area (Å²) in [5.41, 5.74) is 0.953. The summed E-state index contributed by atoms with van der Waals surface area (Å²) in [5, 5.41) is 1.71. The quantitative estimate of drug-likeness (QED) is 0.885. The normalized spacial score (nSPS) is 21.1. The Morgan fingerprint density at radius 1 is 1.16 bits per heavy atom. The molecule has 1 aliphatic rings. The van der Waals surface area contributed by atoms with Gasteiger partial charge in [-0.2, -0.15) is 0 Å². The largest absolute Gasteiger partial charge is 0.372 e. The molecule has 0 spiro atoms. The molecule has 2 atom stereocenters. The number of carbonyl (C=O) groups excluding carboxylic acids is 1. The van der Waals surface area contributed by atoms with E-state index in [0.717, 1.165) is 11.3 Å². The van der Waals surface area contributed by atoms with Crippen LogP contribution in [0.4, 0.5) is 5.69 Å². The topological polar surface area (TPSA) is 75.7 Å². The summed E-state index contributed by atoms with van der Waals surface area (Å²) in [4.78, 5) is 14.4. The third-order valence-electron chi connectivity index (χ3n) is 3.85. The molecular formula is C17H20N2O4S2. The van der Waals surface area contributed by atoms with Gasteiger partial charge in [-0.15, -0.1) is 11.3 Å². The van der Waals surface area contributed by atoms with Crippen LogP contribution in [-0.2, 0) is 14.8 Å². The Bertz CT molecular complexity index is 822. The fraction of sp³-hybridized carbons (Fsp3) is 0.353. The predicted molar refractivity (Wildman–Crippen MR) is 97.5 cm³/mol. The van der Waals surface area contributed by atoms with E-state index in [1.807, 2.05) is 13.8 Å². The lowest BCUT2D eigenvalue weighted by molar-refractivity contribution is -0.0586. The molecule has 1 saturated heterocycles. The highest BCUT2D eigenvalue weighted by atomic mass is 32.2. The number of ether oxygens (including phenoxy) is 1. The van der Waals surface area contributed by atoms with Gasteiger partial charge in [0.2, 0.25) is 0 Å². The third kappa shape index (κ3) is 4.20. The maximum absolute atomic E-state index is 12.6. The molecule has 25 heavy (non-hydrogen) atoms. The molecule has 2 unspecified atom stereocenters. The van der Waals surface area contributed by atoms with E-state index in [1.54, 1.807) is 46.7 Å². The minimum Gasteiger partial charge on any atom is -0.372 e. The van der Waals surface area contributed by atoms with Crippen molar-refractivity contribution in [3.63, 3.8) is 0 Å². The Hall–Kier alpha value is -1.90. The van der Waals surface area contributed by atoms with E-state index in [1.165, 1.54) is 0 Å². The average Bonchev–Trinajstić information content (AvgIpc) is 3.09. The highest BCUT2D eigenvalue weighted by Crippen LogP contribution is 2.21. The van der Waals surface area contributed by atoms with Crippen LogP contribution in [0, 0.1) is 0 Å². The number of hydrogen-bond acceptors (Lipinski definition) is 5. The van der Waals surface area contributed by atoms with Crippen LogP contribution in [0.1, 0.15) is 24.2 Å². The molecule has 1 aliphatic heterocycles. The van der Waals surface area contributed by atoms with E-state index in [2.05, 4.69) is 4.72 Å². The minimum absolute atomic E-state index is 0.00424. The lowest BCUT2D eigenvalue weighted by Crippen LogP contribution is -2.48. The molecular weight excluding hydrogens is 360 g/mol. The van der Waals surface area contributed by atoms with Gasteiger partial charge in [0.25, 0.3) is 15.9 Å².